The second-order valence-electron chi connectivity index (χ2n) is 4.31. The summed E-state index contributed by atoms with van der Waals surface area (Å²) < 4.78 is 5.36. The maximum atomic E-state index is 11.6. The Labute approximate surface area is 101 Å². The van der Waals surface area contributed by atoms with Crippen molar-refractivity contribution >= 4 is 11.9 Å². The predicted octanol–water partition coefficient (Wildman–Crippen LogP) is 0.758. The minimum atomic E-state index is -1.10. The van der Waals surface area contributed by atoms with E-state index in [2.05, 4.69) is 6.92 Å². The van der Waals surface area contributed by atoms with Gasteiger partial charge in [0.25, 0.3) is 0 Å². The first-order valence-corrected chi connectivity index (χ1v) is 5.82. The van der Waals surface area contributed by atoms with Crippen LogP contribution in [0, 0.1) is 11.8 Å². The van der Waals surface area contributed by atoms with E-state index >= 15 is 0 Å². The molecule has 0 unspecified atom stereocenters. The van der Waals surface area contributed by atoms with Gasteiger partial charge in [-0.1, -0.05) is 6.92 Å². The number of hydrogen-bond acceptors (Lipinski definition) is 3. The van der Waals surface area contributed by atoms with Crippen molar-refractivity contribution in [1.82, 2.24) is 4.90 Å². The molecule has 0 aromatic rings. The van der Waals surface area contributed by atoms with Gasteiger partial charge < -0.3 is 14.7 Å². The van der Waals surface area contributed by atoms with E-state index in [1.54, 1.807) is 4.90 Å². The van der Waals surface area contributed by atoms with Crippen LogP contribution in [-0.4, -0.2) is 48.2 Å². The summed E-state index contributed by atoms with van der Waals surface area (Å²) in [5.41, 5.74) is 0. The van der Waals surface area contributed by atoms with Gasteiger partial charge in [0, 0.05) is 37.8 Å². The topological polar surface area (TPSA) is 66.8 Å². The van der Waals surface area contributed by atoms with Crippen molar-refractivity contribution in [3.63, 3.8) is 0 Å². The zero-order chi connectivity index (χ0) is 12.8. The third-order valence-corrected chi connectivity index (χ3v) is 2.98. The summed E-state index contributed by atoms with van der Waals surface area (Å²) >= 11 is 0. The van der Waals surface area contributed by atoms with Crippen molar-refractivity contribution in [3.8, 4) is 0 Å². The van der Waals surface area contributed by atoms with Gasteiger partial charge in [-0.25, -0.2) is 4.79 Å². The monoisotopic (exact) mass is 241 g/mol. The summed E-state index contributed by atoms with van der Waals surface area (Å²) in [4.78, 5) is 23.6. The molecule has 0 radical (unpaired) electrons. The number of carbonyl (C=O) groups excluding carboxylic acids is 1. The summed E-state index contributed by atoms with van der Waals surface area (Å²) in [5, 5.41) is 8.45. The predicted molar refractivity (Wildman–Crippen MR) is 62.5 cm³/mol. The first-order valence-electron chi connectivity index (χ1n) is 5.82. The van der Waals surface area contributed by atoms with Gasteiger partial charge in [-0.05, 0) is 12.8 Å². The van der Waals surface area contributed by atoms with Crippen LogP contribution in [0.4, 0.5) is 0 Å². The van der Waals surface area contributed by atoms with Crippen molar-refractivity contribution in [2.45, 2.75) is 13.8 Å². The highest BCUT2D eigenvalue weighted by Gasteiger charge is 2.31. The molecule has 1 N–H and O–H groups in total. The van der Waals surface area contributed by atoms with E-state index in [1.807, 2.05) is 6.92 Å². The zero-order valence-corrected chi connectivity index (χ0v) is 10.3. The van der Waals surface area contributed by atoms with Gasteiger partial charge in [0.05, 0.1) is 6.61 Å². The van der Waals surface area contributed by atoms with E-state index in [9.17, 15) is 9.59 Å². The van der Waals surface area contributed by atoms with Gasteiger partial charge in [0.15, 0.2) is 0 Å². The number of likely N-dealkylation sites (tertiary alicyclic amines) is 1. The molecule has 1 heterocycles. The maximum Gasteiger partial charge on any atom is 0.328 e. The van der Waals surface area contributed by atoms with E-state index < -0.39 is 5.97 Å². The Hall–Kier alpha value is -1.36. The Morgan fingerprint density at radius 3 is 2.71 bits per heavy atom. The first kappa shape index (κ1) is 13.7. The Bertz CT molecular complexity index is 314. The molecule has 1 fully saturated rings. The van der Waals surface area contributed by atoms with Crippen LogP contribution in [0.25, 0.3) is 0 Å². The van der Waals surface area contributed by atoms with Crippen LogP contribution in [0.1, 0.15) is 13.8 Å². The fourth-order valence-corrected chi connectivity index (χ4v) is 1.95. The molecule has 1 amide bonds. The highest BCUT2D eigenvalue weighted by molar-refractivity contribution is 5.94. The Balaban J connectivity index is 2.47. The van der Waals surface area contributed by atoms with E-state index in [0.29, 0.717) is 38.1 Å². The van der Waals surface area contributed by atoms with Gasteiger partial charge in [-0.3, -0.25) is 4.79 Å². The highest BCUT2D eigenvalue weighted by Crippen LogP contribution is 2.23. The third-order valence-electron chi connectivity index (χ3n) is 2.98. The Morgan fingerprint density at radius 2 is 2.12 bits per heavy atom. The van der Waals surface area contributed by atoms with E-state index in [-0.39, 0.29) is 5.91 Å². The van der Waals surface area contributed by atoms with Crippen molar-refractivity contribution in [2.75, 3.05) is 26.3 Å². The fraction of sp³-hybridized carbons (Fsp3) is 0.667. The molecule has 1 aliphatic rings. The van der Waals surface area contributed by atoms with E-state index in [0.717, 1.165) is 12.2 Å². The van der Waals surface area contributed by atoms with Gasteiger partial charge in [0.2, 0.25) is 5.91 Å². The maximum absolute atomic E-state index is 11.6. The largest absolute Gasteiger partial charge is 0.478 e. The molecule has 1 rings (SSSR count). The molecule has 5 heteroatoms. The Morgan fingerprint density at radius 1 is 1.41 bits per heavy atom. The molecule has 1 saturated heterocycles. The summed E-state index contributed by atoms with van der Waals surface area (Å²) in [6.45, 7) is 6.67. The van der Waals surface area contributed by atoms with Crippen LogP contribution >= 0.6 is 0 Å². The van der Waals surface area contributed by atoms with Crippen molar-refractivity contribution in [1.29, 1.82) is 0 Å². The second-order valence-corrected chi connectivity index (χ2v) is 4.31. The second kappa shape index (κ2) is 6.39. The molecular formula is C12H19NO4. The van der Waals surface area contributed by atoms with Gasteiger partial charge in [0.1, 0.15) is 0 Å². The van der Waals surface area contributed by atoms with Crippen LogP contribution in [0.15, 0.2) is 12.2 Å². The van der Waals surface area contributed by atoms with E-state index in [4.69, 9.17) is 9.84 Å². The number of nitrogens with zero attached hydrogens (tertiary/aromatic N) is 1. The lowest BCUT2D eigenvalue weighted by molar-refractivity contribution is -0.132. The molecule has 0 spiro atoms. The SMILES string of the molecule is CCOC[C@@H]1CN(C(=O)/C=C/C(=O)O)C[C@H]1C. The van der Waals surface area contributed by atoms with Gasteiger partial charge in [-0.2, -0.15) is 0 Å². The molecule has 0 aromatic heterocycles. The normalized spacial score (nSPS) is 24.5. The minimum Gasteiger partial charge on any atom is -0.478 e. The molecule has 0 bridgehead atoms. The lowest BCUT2D eigenvalue weighted by atomic mass is 9.99. The molecule has 2 atom stereocenters. The van der Waals surface area contributed by atoms with Crippen LogP contribution in [0.3, 0.4) is 0 Å². The standard InChI is InChI=1S/C12H19NO4/c1-3-17-8-10-7-13(6-9(10)2)11(14)4-5-12(15)16/h4-5,9-10H,3,6-8H2,1-2H3,(H,15,16)/b5-4+/t9-,10+/m1/s1. The zero-order valence-electron chi connectivity index (χ0n) is 10.3. The quantitative estimate of drug-likeness (QED) is 0.721. The summed E-state index contributed by atoms with van der Waals surface area (Å²) in [6, 6.07) is 0. The average molecular weight is 241 g/mol. The van der Waals surface area contributed by atoms with Gasteiger partial charge >= 0.3 is 5.97 Å². The number of carboxylic acids is 1. The number of carboxylic acid groups (broad SMARTS) is 1. The lowest BCUT2D eigenvalue weighted by Gasteiger charge is -2.14. The average Bonchev–Trinajstić information content (AvgIpc) is 2.65. The van der Waals surface area contributed by atoms with Crippen molar-refractivity contribution in [2.24, 2.45) is 11.8 Å². The van der Waals surface area contributed by atoms with Crippen molar-refractivity contribution in [3.05, 3.63) is 12.2 Å². The summed E-state index contributed by atoms with van der Waals surface area (Å²) in [7, 11) is 0. The van der Waals surface area contributed by atoms with Crippen LogP contribution < -0.4 is 0 Å². The number of hydrogen-bond donors (Lipinski definition) is 1. The third kappa shape index (κ3) is 4.19. The fourth-order valence-electron chi connectivity index (χ4n) is 1.95. The minimum absolute atomic E-state index is 0.238. The van der Waals surface area contributed by atoms with Crippen LogP contribution in [0.2, 0.25) is 0 Å². The highest BCUT2D eigenvalue weighted by atomic mass is 16.5. The number of carbonyl (C=O) groups is 2. The summed E-state index contributed by atoms with van der Waals surface area (Å²) in [6.07, 6.45) is 1.99. The number of amides is 1. The molecule has 5 nitrogen and oxygen atoms in total. The molecule has 0 aliphatic carbocycles. The molecule has 96 valence electrons. The molecule has 17 heavy (non-hydrogen) atoms. The van der Waals surface area contributed by atoms with Gasteiger partial charge in [-0.15, -0.1) is 0 Å². The molecular weight excluding hydrogens is 222 g/mol. The molecule has 1 aliphatic heterocycles. The summed E-state index contributed by atoms with van der Waals surface area (Å²) in [5.74, 6) is -0.601. The number of ether oxygens (including phenoxy) is 1. The number of aliphatic carboxylic acids is 1. The van der Waals surface area contributed by atoms with Crippen LogP contribution in [-0.2, 0) is 14.3 Å². The molecule has 0 aromatic carbocycles. The van der Waals surface area contributed by atoms with E-state index in [1.165, 1.54) is 0 Å². The molecule has 0 saturated carbocycles. The number of rotatable bonds is 5. The first-order chi connectivity index (χ1) is 8.04. The van der Waals surface area contributed by atoms with Crippen LogP contribution in [0.5, 0.6) is 0 Å². The smallest absolute Gasteiger partial charge is 0.328 e. The Kier molecular flexibility index (Phi) is 5.15. The van der Waals surface area contributed by atoms with Crippen molar-refractivity contribution < 1.29 is 19.4 Å². The lowest BCUT2D eigenvalue weighted by Crippen LogP contribution is -2.27.